The van der Waals surface area contributed by atoms with Gasteiger partial charge in [-0.25, -0.2) is 0 Å². The van der Waals surface area contributed by atoms with Crippen molar-refractivity contribution in [2.75, 3.05) is 6.54 Å². The van der Waals surface area contributed by atoms with E-state index in [1.54, 1.807) is 0 Å². The van der Waals surface area contributed by atoms with Crippen molar-refractivity contribution in [3.05, 3.63) is 24.0 Å². The first-order valence-corrected chi connectivity index (χ1v) is 7.89. The van der Waals surface area contributed by atoms with E-state index in [1.807, 2.05) is 0 Å². The highest BCUT2D eigenvalue weighted by molar-refractivity contribution is 5.92. The van der Waals surface area contributed by atoms with Crippen molar-refractivity contribution in [2.45, 2.75) is 38.7 Å². The molecule has 0 spiro atoms. The molecule has 0 aromatic carbocycles. The first-order chi connectivity index (χ1) is 11.1. The molecule has 1 aromatic rings. The number of carbonyl (C=O) groups is 2. The fourth-order valence-electron chi connectivity index (χ4n) is 4.01. The molecule has 2 aliphatic carbocycles. The van der Waals surface area contributed by atoms with Crippen LogP contribution in [-0.2, 0) is 4.79 Å². The van der Waals surface area contributed by atoms with Crippen molar-refractivity contribution in [1.29, 1.82) is 0 Å². The maximum atomic E-state index is 12.7. The molecule has 1 amide bonds. The van der Waals surface area contributed by atoms with Crippen LogP contribution < -0.4 is 5.32 Å². The monoisotopic (exact) mass is 328 g/mol. The van der Waals surface area contributed by atoms with Crippen molar-refractivity contribution in [3.63, 3.8) is 0 Å². The summed E-state index contributed by atoms with van der Waals surface area (Å²) in [6.45, 7) is -2.30. The topological polar surface area (TPSA) is 71.3 Å². The lowest BCUT2D eigenvalue weighted by atomic mass is 9.92. The molecule has 0 radical (unpaired) electrons. The highest BCUT2D eigenvalue weighted by Crippen LogP contribution is 2.47. The van der Waals surface area contributed by atoms with Gasteiger partial charge in [0.2, 0.25) is 0 Å². The van der Waals surface area contributed by atoms with Crippen LogP contribution in [0.3, 0.4) is 0 Å². The fourth-order valence-corrected chi connectivity index (χ4v) is 4.01. The highest BCUT2D eigenvalue weighted by atomic mass is 19.3. The summed E-state index contributed by atoms with van der Waals surface area (Å²) < 4.78 is 26.2. The van der Waals surface area contributed by atoms with E-state index in [9.17, 15) is 13.6 Å². The van der Waals surface area contributed by atoms with Gasteiger partial charge >= 0.3 is 6.55 Å². The largest absolute Gasteiger partial charge is 0.483 e. The van der Waals surface area contributed by atoms with E-state index in [1.165, 1.54) is 44.0 Å². The molecule has 0 aliphatic heterocycles. The summed E-state index contributed by atoms with van der Waals surface area (Å²) in [5, 5.41) is 9.73. The minimum Gasteiger partial charge on any atom is -0.483 e. The van der Waals surface area contributed by atoms with Gasteiger partial charge in [-0.3, -0.25) is 14.2 Å². The summed E-state index contributed by atoms with van der Waals surface area (Å²) in [6, 6.07) is 2.91. The normalized spacial score (nSPS) is 25.6. The van der Waals surface area contributed by atoms with Crippen molar-refractivity contribution < 1.29 is 23.5 Å². The Morgan fingerprint density at radius 3 is 2.83 bits per heavy atom. The van der Waals surface area contributed by atoms with Gasteiger partial charge in [-0.15, -0.1) is 0 Å². The molecule has 3 rings (SSSR count). The number of nitrogens with one attached hydrogen (secondary N) is 1. The second kappa shape index (κ2) is 8.08. The Morgan fingerprint density at radius 2 is 2.13 bits per heavy atom. The first kappa shape index (κ1) is 17.4. The third kappa shape index (κ3) is 4.09. The third-order valence-corrected chi connectivity index (χ3v) is 4.98. The molecule has 0 unspecified atom stereocenters. The molecular formula is C16H22F2N2O3. The molecule has 0 bridgehead atoms. The van der Waals surface area contributed by atoms with Gasteiger partial charge in [0.1, 0.15) is 5.69 Å². The van der Waals surface area contributed by atoms with Gasteiger partial charge in [0.15, 0.2) is 0 Å². The van der Waals surface area contributed by atoms with Crippen LogP contribution in [0, 0.1) is 17.8 Å². The smallest absolute Gasteiger partial charge is 0.319 e. The van der Waals surface area contributed by atoms with Gasteiger partial charge < -0.3 is 10.4 Å². The zero-order chi connectivity index (χ0) is 16.8. The number of halogens is 2. The number of rotatable bonds is 4. The number of carbonyl (C=O) groups excluding carboxylic acids is 1. The van der Waals surface area contributed by atoms with Crippen LogP contribution in [-0.4, -0.2) is 28.6 Å². The predicted octanol–water partition coefficient (Wildman–Crippen LogP) is 3.14. The maximum Gasteiger partial charge on any atom is 0.319 e. The van der Waals surface area contributed by atoms with Gasteiger partial charge in [-0.1, -0.05) is 12.8 Å². The van der Waals surface area contributed by atoms with E-state index in [2.05, 4.69) is 5.32 Å². The van der Waals surface area contributed by atoms with Crippen LogP contribution in [0.4, 0.5) is 8.78 Å². The summed E-state index contributed by atoms with van der Waals surface area (Å²) in [5.41, 5.74) is 0.0426. The fraction of sp³-hybridized carbons (Fsp3) is 0.625. The van der Waals surface area contributed by atoms with Crippen LogP contribution in [0.2, 0.25) is 0 Å². The molecule has 2 saturated carbocycles. The van der Waals surface area contributed by atoms with E-state index in [4.69, 9.17) is 9.90 Å². The summed E-state index contributed by atoms with van der Waals surface area (Å²) in [5.74, 6) is 1.71. The van der Waals surface area contributed by atoms with Crippen molar-refractivity contribution in [3.8, 4) is 0 Å². The minimum absolute atomic E-state index is 0.0426. The molecule has 2 fully saturated rings. The molecule has 23 heavy (non-hydrogen) atoms. The molecule has 7 heteroatoms. The average Bonchev–Trinajstić information content (AvgIpc) is 3.22. The Kier molecular flexibility index (Phi) is 6.12. The third-order valence-electron chi connectivity index (χ3n) is 4.98. The number of amides is 1. The molecule has 0 saturated heterocycles. The molecule has 3 atom stereocenters. The SMILES string of the molecule is O=C(NC[C@H]1CC[C@@H]2CCC[C@@H]21)c1cccn1C(F)F.O=CO. The first-order valence-electron chi connectivity index (χ1n) is 7.89. The van der Waals surface area contributed by atoms with E-state index in [0.717, 1.165) is 18.3 Å². The Labute approximate surface area is 133 Å². The number of carboxylic acid groups (broad SMARTS) is 1. The van der Waals surface area contributed by atoms with Crippen molar-refractivity contribution in [1.82, 2.24) is 9.88 Å². The number of nitrogens with zero attached hydrogens (tertiary/aromatic N) is 1. The zero-order valence-corrected chi connectivity index (χ0v) is 12.8. The molecule has 128 valence electrons. The predicted molar refractivity (Wildman–Crippen MR) is 80.3 cm³/mol. The van der Waals surface area contributed by atoms with Gasteiger partial charge in [0.05, 0.1) is 0 Å². The Balaban J connectivity index is 0.000000595. The Morgan fingerprint density at radius 1 is 1.39 bits per heavy atom. The van der Waals surface area contributed by atoms with E-state index in [-0.39, 0.29) is 12.2 Å². The van der Waals surface area contributed by atoms with Gasteiger partial charge in [-0.05, 0) is 49.1 Å². The minimum atomic E-state index is -2.67. The lowest BCUT2D eigenvalue weighted by molar-refractivity contribution is -0.122. The molecule has 5 nitrogen and oxygen atoms in total. The quantitative estimate of drug-likeness (QED) is 0.834. The second-order valence-electron chi connectivity index (χ2n) is 6.09. The van der Waals surface area contributed by atoms with Crippen LogP contribution in [0.25, 0.3) is 0 Å². The van der Waals surface area contributed by atoms with E-state index < -0.39 is 12.5 Å². The van der Waals surface area contributed by atoms with Crippen molar-refractivity contribution >= 4 is 12.4 Å². The summed E-state index contributed by atoms with van der Waals surface area (Å²) in [4.78, 5) is 20.4. The second-order valence-corrected chi connectivity index (χ2v) is 6.09. The summed E-state index contributed by atoms with van der Waals surface area (Å²) >= 11 is 0. The molecule has 2 N–H and O–H groups in total. The van der Waals surface area contributed by atoms with Crippen LogP contribution in [0.15, 0.2) is 18.3 Å². The van der Waals surface area contributed by atoms with Crippen molar-refractivity contribution in [2.24, 2.45) is 17.8 Å². The number of aromatic nitrogens is 1. The molecule has 1 heterocycles. The van der Waals surface area contributed by atoms with Crippen LogP contribution in [0.5, 0.6) is 0 Å². The van der Waals surface area contributed by atoms with E-state index in [0.29, 0.717) is 17.0 Å². The van der Waals surface area contributed by atoms with Crippen LogP contribution >= 0.6 is 0 Å². The van der Waals surface area contributed by atoms with Gasteiger partial charge in [-0.2, -0.15) is 8.78 Å². The number of fused-ring (bicyclic) bond motifs is 1. The lowest BCUT2D eigenvalue weighted by Gasteiger charge is -2.19. The lowest BCUT2D eigenvalue weighted by Crippen LogP contribution is -2.32. The molecule has 1 aromatic heterocycles. The number of hydrogen-bond donors (Lipinski definition) is 2. The standard InChI is InChI=1S/C15H20F2N2O.CH2O2/c16-15(17)19-8-2-5-13(19)14(20)18-9-11-7-6-10-3-1-4-12(10)11;2-1-3/h2,5,8,10-12,15H,1,3-4,6-7,9H2,(H,18,20);1H,(H,2,3)/t10-,11+,12-;/m0./s1. The van der Waals surface area contributed by atoms with E-state index >= 15 is 0 Å². The summed E-state index contributed by atoms with van der Waals surface area (Å²) in [7, 11) is 0. The number of hydrogen-bond acceptors (Lipinski definition) is 2. The highest BCUT2D eigenvalue weighted by Gasteiger charge is 2.38. The average molecular weight is 328 g/mol. The number of alkyl halides is 2. The Hall–Kier alpha value is -1.92. The van der Waals surface area contributed by atoms with Crippen LogP contribution in [0.1, 0.15) is 49.1 Å². The summed E-state index contributed by atoms with van der Waals surface area (Å²) in [6.07, 6.45) is 7.54. The maximum absolute atomic E-state index is 12.7. The molecular weight excluding hydrogens is 306 g/mol. The zero-order valence-electron chi connectivity index (χ0n) is 12.8. The molecule has 2 aliphatic rings. The van der Waals surface area contributed by atoms with Gasteiger partial charge in [0, 0.05) is 12.7 Å². The Bertz CT molecular complexity index is 533. The van der Waals surface area contributed by atoms with Gasteiger partial charge in [0.25, 0.3) is 12.4 Å².